The topological polar surface area (TPSA) is 116 Å². The number of carbonyl (C=O) groups is 2. The van der Waals surface area contributed by atoms with Crippen LogP contribution in [0.5, 0.6) is 0 Å². The van der Waals surface area contributed by atoms with Gasteiger partial charge in [0.25, 0.3) is 0 Å². The van der Waals surface area contributed by atoms with E-state index < -0.39 is 18.1 Å². The number of amides is 2. The lowest BCUT2D eigenvalue weighted by atomic mass is 10.3. The Labute approximate surface area is 86.8 Å². The molecule has 1 aliphatic heterocycles. The minimum absolute atomic E-state index is 0.0957. The van der Waals surface area contributed by atoms with Gasteiger partial charge >= 0.3 is 0 Å². The molecule has 0 aromatic heterocycles. The summed E-state index contributed by atoms with van der Waals surface area (Å²) in [5.74, 6) is -0.754. The lowest BCUT2D eigenvalue weighted by Gasteiger charge is -2.15. The molecule has 2 atom stereocenters. The van der Waals surface area contributed by atoms with Crippen LogP contribution < -0.4 is 11.1 Å². The Hall–Kier alpha value is -1.18. The predicted octanol–water partition coefficient (Wildman–Crippen LogP) is -3.37. The van der Waals surface area contributed by atoms with Crippen LogP contribution in [0.25, 0.3) is 0 Å². The molecule has 1 rings (SSSR count). The highest BCUT2D eigenvalue weighted by atomic mass is 16.3. The molecule has 0 unspecified atom stereocenters. The van der Waals surface area contributed by atoms with Crippen molar-refractivity contribution in [1.29, 1.82) is 0 Å². The summed E-state index contributed by atoms with van der Waals surface area (Å²) in [6.45, 7) is -0.134. The SMILES string of the molecule is NCC(=O)NCC(=O)N1C[C@@H](O)[C@@H](O)C1. The molecule has 1 aliphatic rings. The second-order valence-electron chi connectivity index (χ2n) is 3.41. The van der Waals surface area contributed by atoms with Gasteiger partial charge in [-0.2, -0.15) is 0 Å². The Balaban J connectivity index is 2.32. The maximum absolute atomic E-state index is 11.4. The van der Waals surface area contributed by atoms with E-state index in [1.54, 1.807) is 0 Å². The van der Waals surface area contributed by atoms with Crippen LogP contribution in [0.15, 0.2) is 0 Å². The Morgan fingerprint density at radius 3 is 2.33 bits per heavy atom. The summed E-state index contributed by atoms with van der Waals surface area (Å²) >= 11 is 0. The number of hydrogen-bond acceptors (Lipinski definition) is 5. The van der Waals surface area contributed by atoms with Gasteiger partial charge in [0.1, 0.15) is 0 Å². The van der Waals surface area contributed by atoms with Crippen molar-refractivity contribution in [3.63, 3.8) is 0 Å². The lowest BCUT2D eigenvalue weighted by Crippen LogP contribution is -2.41. The molecule has 0 saturated carbocycles. The Bertz CT molecular complexity index is 248. The van der Waals surface area contributed by atoms with Gasteiger partial charge in [0.15, 0.2) is 0 Å². The van der Waals surface area contributed by atoms with Gasteiger partial charge in [-0.25, -0.2) is 0 Å². The predicted molar refractivity (Wildman–Crippen MR) is 50.7 cm³/mol. The molecule has 0 aromatic rings. The van der Waals surface area contributed by atoms with E-state index in [-0.39, 0.29) is 32.1 Å². The van der Waals surface area contributed by atoms with Gasteiger partial charge in [0.2, 0.25) is 11.8 Å². The van der Waals surface area contributed by atoms with E-state index in [4.69, 9.17) is 5.73 Å². The van der Waals surface area contributed by atoms with Crippen LogP contribution in [0, 0.1) is 0 Å². The first kappa shape index (κ1) is 11.9. The molecular weight excluding hydrogens is 202 g/mol. The number of nitrogens with two attached hydrogens (primary N) is 1. The van der Waals surface area contributed by atoms with E-state index in [1.165, 1.54) is 4.90 Å². The summed E-state index contributed by atoms with van der Waals surface area (Å²) in [7, 11) is 0. The van der Waals surface area contributed by atoms with Crippen molar-refractivity contribution >= 4 is 11.8 Å². The Kier molecular flexibility index (Phi) is 4.01. The van der Waals surface area contributed by atoms with Crippen LogP contribution in [-0.2, 0) is 9.59 Å². The highest BCUT2D eigenvalue weighted by Gasteiger charge is 2.32. The summed E-state index contributed by atoms with van der Waals surface area (Å²) in [4.78, 5) is 23.5. The number of likely N-dealkylation sites (tertiary alicyclic amines) is 1. The first-order chi connectivity index (χ1) is 7.04. The largest absolute Gasteiger partial charge is 0.388 e. The van der Waals surface area contributed by atoms with Crippen LogP contribution in [0.2, 0.25) is 0 Å². The molecule has 7 nitrogen and oxygen atoms in total. The van der Waals surface area contributed by atoms with Crippen LogP contribution >= 0.6 is 0 Å². The van der Waals surface area contributed by atoms with Gasteiger partial charge in [-0.05, 0) is 0 Å². The minimum Gasteiger partial charge on any atom is -0.388 e. The second-order valence-corrected chi connectivity index (χ2v) is 3.41. The summed E-state index contributed by atoms with van der Waals surface area (Å²) < 4.78 is 0. The molecule has 15 heavy (non-hydrogen) atoms. The molecule has 1 saturated heterocycles. The molecule has 5 N–H and O–H groups in total. The summed E-state index contributed by atoms with van der Waals surface area (Å²) in [6.07, 6.45) is -1.81. The highest BCUT2D eigenvalue weighted by Crippen LogP contribution is 2.09. The summed E-state index contributed by atoms with van der Waals surface area (Å²) in [5, 5.41) is 20.7. The fraction of sp³-hybridized carbons (Fsp3) is 0.750. The summed E-state index contributed by atoms with van der Waals surface area (Å²) in [6, 6.07) is 0. The molecule has 0 bridgehead atoms. The summed E-state index contributed by atoms with van der Waals surface area (Å²) in [5.41, 5.74) is 5.04. The third-order valence-electron chi connectivity index (χ3n) is 2.23. The van der Waals surface area contributed by atoms with Gasteiger partial charge in [0, 0.05) is 13.1 Å². The van der Waals surface area contributed by atoms with Crippen molar-refractivity contribution in [3.8, 4) is 0 Å². The van der Waals surface area contributed by atoms with Crippen molar-refractivity contribution in [2.24, 2.45) is 5.73 Å². The van der Waals surface area contributed by atoms with Crippen LogP contribution in [-0.4, -0.2) is 65.3 Å². The van der Waals surface area contributed by atoms with E-state index in [2.05, 4.69) is 5.32 Å². The molecule has 0 aromatic carbocycles. The first-order valence-electron chi connectivity index (χ1n) is 4.65. The first-order valence-corrected chi connectivity index (χ1v) is 4.65. The number of aliphatic hydroxyl groups excluding tert-OH is 2. The number of rotatable bonds is 3. The van der Waals surface area contributed by atoms with Gasteiger partial charge < -0.3 is 26.2 Å². The molecule has 7 heteroatoms. The maximum atomic E-state index is 11.4. The van der Waals surface area contributed by atoms with Crippen molar-refractivity contribution in [3.05, 3.63) is 0 Å². The number of β-amino-alcohol motifs (C(OH)–C–C–N with tert-alkyl or cyclic N) is 2. The van der Waals surface area contributed by atoms with Crippen molar-refractivity contribution < 1.29 is 19.8 Å². The van der Waals surface area contributed by atoms with Crippen molar-refractivity contribution in [2.45, 2.75) is 12.2 Å². The third kappa shape index (κ3) is 3.15. The fourth-order valence-corrected chi connectivity index (χ4v) is 1.33. The monoisotopic (exact) mass is 217 g/mol. The molecule has 2 amide bonds. The smallest absolute Gasteiger partial charge is 0.242 e. The number of aliphatic hydroxyl groups is 2. The number of hydrogen-bond donors (Lipinski definition) is 4. The quantitative estimate of drug-likeness (QED) is 0.394. The molecule has 86 valence electrons. The van der Waals surface area contributed by atoms with E-state index in [0.29, 0.717) is 0 Å². The maximum Gasteiger partial charge on any atom is 0.242 e. The highest BCUT2D eigenvalue weighted by molar-refractivity contribution is 5.85. The van der Waals surface area contributed by atoms with E-state index in [0.717, 1.165) is 0 Å². The molecular formula is C8H15N3O4. The van der Waals surface area contributed by atoms with Gasteiger partial charge in [-0.3, -0.25) is 9.59 Å². The van der Waals surface area contributed by atoms with Gasteiger partial charge in [0.05, 0.1) is 25.3 Å². The Morgan fingerprint density at radius 2 is 1.87 bits per heavy atom. The van der Waals surface area contributed by atoms with Crippen LogP contribution in [0.4, 0.5) is 0 Å². The Morgan fingerprint density at radius 1 is 1.33 bits per heavy atom. The number of carbonyl (C=O) groups excluding carboxylic acids is 2. The molecule has 0 radical (unpaired) electrons. The zero-order valence-electron chi connectivity index (χ0n) is 8.22. The van der Waals surface area contributed by atoms with Gasteiger partial charge in [-0.15, -0.1) is 0 Å². The third-order valence-corrected chi connectivity index (χ3v) is 2.23. The van der Waals surface area contributed by atoms with Crippen LogP contribution in [0.1, 0.15) is 0 Å². The average molecular weight is 217 g/mol. The zero-order chi connectivity index (χ0) is 11.4. The average Bonchev–Trinajstić information content (AvgIpc) is 2.55. The minimum atomic E-state index is -0.904. The lowest BCUT2D eigenvalue weighted by molar-refractivity contribution is -0.132. The second kappa shape index (κ2) is 5.06. The van der Waals surface area contributed by atoms with Crippen molar-refractivity contribution in [2.75, 3.05) is 26.2 Å². The van der Waals surface area contributed by atoms with Crippen LogP contribution in [0.3, 0.4) is 0 Å². The molecule has 0 spiro atoms. The van der Waals surface area contributed by atoms with Gasteiger partial charge in [-0.1, -0.05) is 0 Å². The normalized spacial score (nSPS) is 25.4. The standard InChI is InChI=1S/C8H15N3O4/c9-1-7(14)10-2-8(15)11-3-5(12)6(13)4-11/h5-6,12-13H,1-4,9H2,(H,10,14)/t5-,6+. The molecule has 0 aliphatic carbocycles. The molecule has 1 heterocycles. The van der Waals surface area contributed by atoms with E-state index >= 15 is 0 Å². The number of nitrogens with zero attached hydrogens (tertiary/aromatic N) is 1. The fourth-order valence-electron chi connectivity index (χ4n) is 1.33. The zero-order valence-corrected chi connectivity index (χ0v) is 8.22. The molecule has 1 fully saturated rings. The number of nitrogens with one attached hydrogen (secondary N) is 1. The van der Waals surface area contributed by atoms with E-state index in [1.807, 2.05) is 0 Å². The van der Waals surface area contributed by atoms with E-state index in [9.17, 15) is 19.8 Å². The van der Waals surface area contributed by atoms with Crippen molar-refractivity contribution in [1.82, 2.24) is 10.2 Å².